The minimum atomic E-state index is 0.375. The number of pyridine rings is 1. The number of guanidine groups is 1. The number of nitrogens with zero attached hydrogens (tertiary/aromatic N) is 3. The number of anilines is 1. The number of nitrogens with one attached hydrogen (secondary N) is 2. The van der Waals surface area contributed by atoms with Gasteiger partial charge in [0.25, 0.3) is 0 Å². The van der Waals surface area contributed by atoms with Crippen LogP contribution in [0.2, 0.25) is 0 Å². The monoisotopic (exact) mass is 367 g/mol. The maximum Gasteiger partial charge on any atom is 0.218 e. The van der Waals surface area contributed by atoms with Crippen LogP contribution in [-0.2, 0) is 6.54 Å². The van der Waals surface area contributed by atoms with E-state index in [0.717, 1.165) is 37.6 Å². The molecule has 1 atom stereocenters. The van der Waals surface area contributed by atoms with Crippen LogP contribution in [0.4, 0.5) is 5.69 Å². The number of hydrogen-bond acceptors (Lipinski definition) is 4. The van der Waals surface area contributed by atoms with Gasteiger partial charge in [-0.1, -0.05) is 23.8 Å². The molecule has 0 aliphatic carbocycles. The third-order valence-electron chi connectivity index (χ3n) is 4.72. The number of rotatable bonds is 6. The van der Waals surface area contributed by atoms with Crippen molar-refractivity contribution in [2.45, 2.75) is 32.9 Å². The fraction of sp³-hybridized carbons (Fsp3) is 0.429. The van der Waals surface area contributed by atoms with E-state index in [0.29, 0.717) is 18.5 Å². The van der Waals surface area contributed by atoms with Gasteiger partial charge in [0.05, 0.1) is 13.7 Å². The number of aliphatic imine (C=N–C) groups is 1. The summed E-state index contributed by atoms with van der Waals surface area (Å²) in [5.74, 6) is 1.46. The second kappa shape index (κ2) is 9.26. The molecule has 1 unspecified atom stereocenters. The number of ether oxygens (including phenoxy) is 1. The van der Waals surface area contributed by atoms with Gasteiger partial charge in [0.2, 0.25) is 5.88 Å². The lowest BCUT2D eigenvalue weighted by Gasteiger charge is -2.20. The zero-order valence-electron chi connectivity index (χ0n) is 16.4. The third kappa shape index (κ3) is 5.12. The van der Waals surface area contributed by atoms with Crippen LogP contribution in [-0.4, -0.2) is 43.7 Å². The van der Waals surface area contributed by atoms with Gasteiger partial charge in [-0.2, -0.15) is 0 Å². The van der Waals surface area contributed by atoms with Crippen LogP contribution in [0.3, 0.4) is 0 Å². The highest BCUT2D eigenvalue weighted by atomic mass is 16.5. The van der Waals surface area contributed by atoms with Crippen molar-refractivity contribution in [2.75, 3.05) is 31.6 Å². The van der Waals surface area contributed by atoms with E-state index in [-0.39, 0.29) is 0 Å². The van der Waals surface area contributed by atoms with Gasteiger partial charge in [-0.3, -0.25) is 0 Å². The highest BCUT2D eigenvalue weighted by Gasteiger charge is 2.23. The van der Waals surface area contributed by atoms with Crippen molar-refractivity contribution >= 4 is 11.6 Å². The summed E-state index contributed by atoms with van der Waals surface area (Å²) in [5, 5.41) is 6.91. The van der Waals surface area contributed by atoms with Crippen LogP contribution in [0.5, 0.6) is 5.88 Å². The summed E-state index contributed by atoms with van der Waals surface area (Å²) in [5.41, 5.74) is 3.55. The third-order valence-corrected chi connectivity index (χ3v) is 4.72. The van der Waals surface area contributed by atoms with Crippen LogP contribution in [0.25, 0.3) is 0 Å². The molecule has 6 nitrogen and oxygen atoms in total. The van der Waals surface area contributed by atoms with Crippen LogP contribution in [0, 0.1) is 6.92 Å². The summed E-state index contributed by atoms with van der Waals surface area (Å²) in [6.07, 6.45) is 2.82. The van der Waals surface area contributed by atoms with E-state index in [1.165, 1.54) is 11.3 Å². The molecule has 0 amide bonds. The van der Waals surface area contributed by atoms with Gasteiger partial charge >= 0.3 is 0 Å². The first-order valence-electron chi connectivity index (χ1n) is 9.54. The Labute approximate surface area is 161 Å². The van der Waals surface area contributed by atoms with E-state index in [9.17, 15) is 0 Å². The Morgan fingerprint density at radius 3 is 2.85 bits per heavy atom. The van der Waals surface area contributed by atoms with E-state index >= 15 is 0 Å². The van der Waals surface area contributed by atoms with E-state index in [2.05, 4.69) is 58.6 Å². The summed E-state index contributed by atoms with van der Waals surface area (Å²) in [6.45, 7) is 7.58. The summed E-state index contributed by atoms with van der Waals surface area (Å²) >= 11 is 0. The number of aromatic nitrogens is 1. The molecule has 0 radical (unpaired) electrons. The molecule has 3 rings (SSSR count). The molecule has 2 aromatic rings. The van der Waals surface area contributed by atoms with Gasteiger partial charge in [0.15, 0.2) is 5.96 Å². The quantitative estimate of drug-likeness (QED) is 0.607. The highest BCUT2D eigenvalue weighted by molar-refractivity contribution is 5.80. The van der Waals surface area contributed by atoms with Crippen LogP contribution >= 0.6 is 0 Å². The van der Waals surface area contributed by atoms with Gasteiger partial charge < -0.3 is 20.3 Å². The number of aryl methyl sites for hydroxylation is 1. The average molecular weight is 367 g/mol. The molecule has 1 fully saturated rings. The topological polar surface area (TPSA) is 61.8 Å². The molecule has 1 aliphatic rings. The predicted octanol–water partition coefficient (Wildman–Crippen LogP) is 2.73. The zero-order chi connectivity index (χ0) is 19.1. The molecule has 1 aliphatic heterocycles. The fourth-order valence-corrected chi connectivity index (χ4v) is 3.27. The Morgan fingerprint density at radius 1 is 1.30 bits per heavy atom. The van der Waals surface area contributed by atoms with E-state index in [1.54, 1.807) is 13.3 Å². The van der Waals surface area contributed by atoms with Gasteiger partial charge in [-0.05, 0) is 38.5 Å². The van der Waals surface area contributed by atoms with Gasteiger partial charge in [-0.15, -0.1) is 0 Å². The first kappa shape index (κ1) is 19.0. The predicted molar refractivity (Wildman–Crippen MR) is 111 cm³/mol. The molecule has 0 bridgehead atoms. The second-order valence-electron chi connectivity index (χ2n) is 6.78. The molecule has 6 heteroatoms. The smallest absolute Gasteiger partial charge is 0.218 e. The average Bonchev–Trinajstić information content (AvgIpc) is 3.15. The summed E-state index contributed by atoms with van der Waals surface area (Å²) in [6, 6.07) is 13.0. The van der Waals surface area contributed by atoms with Crippen molar-refractivity contribution in [3.63, 3.8) is 0 Å². The normalized spacial score (nSPS) is 17.1. The largest absolute Gasteiger partial charge is 0.481 e. The Kier molecular flexibility index (Phi) is 6.52. The van der Waals surface area contributed by atoms with Crippen molar-refractivity contribution in [3.05, 3.63) is 53.7 Å². The van der Waals surface area contributed by atoms with Crippen molar-refractivity contribution in [3.8, 4) is 5.88 Å². The molecule has 2 heterocycles. The summed E-state index contributed by atoms with van der Waals surface area (Å²) < 4.78 is 5.31. The van der Waals surface area contributed by atoms with Crippen LogP contribution in [0.1, 0.15) is 24.5 Å². The van der Waals surface area contributed by atoms with Gasteiger partial charge in [0, 0.05) is 43.1 Å². The highest BCUT2D eigenvalue weighted by Crippen LogP contribution is 2.21. The van der Waals surface area contributed by atoms with E-state index in [1.807, 2.05) is 12.1 Å². The van der Waals surface area contributed by atoms with Crippen LogP contribution in [0.15, 0.2) is 47.6 Å². The SMILES string of the molecule is CCNC(=NCc1cccnc1OC)NC1CCN(c2ccc(C)cc2)C1. The van der Waals surface area contributed by atoms with E-state index < -0.39 is 0 Å². The first-order valence-corrected chi connectivity index (χ1v) is 9.54. The Hall–Kier alpha value is -2.76. The first-order chi connectivity index (χ1) is 13.2. The summed E-state index contributed by atoms with van der Waals surface area (Å²) in [4.78, 5) is 11.4. The summed E-state index contributed by atoms with van der Waals surface area (Å²) in [7, 11) is 1.64. The molecule has 144 valence electrons. The zero-order valence-corrected chi connectivity index (χ0v) is 16.4. The van der Waals surface area contributed by atoms with Gasteiger partial charge in [0.1, 0.15) is 0 Å². The maximum absolute atomic E-state index is 5.31. The van der Waals surface area contributed by atoms with Crippen molar-refractivity contribution in [1.29, 1.82) is 0 Å². The standard InChI is InChI=1S/C21H29N5O/c1-4-22-21(24-14-17-6-5-12-23-20(17)27-3)25-18-11-13-26(15-18)19-9-7-16(2)8-10-19/h5-10,12,18H,4,11,13-15H2,1-3H3,(H2,22,24,25). The van der Waals surface area contributed by atoms with Crippen molar-refractivity contribution < 1.29 is 4.74 Å². The van der Waals surface area contributed by atoms with Crippen molar-refractivity contribution in [1.82, 2.24) is 15.6 Å². The fourth-order valence-electron chi connectivity index (χ4n) is 3.27. The Morgan fingerprint density at radius 2 is 2.11 bits per heavy atom. The van der Waals surface area contributed by atoms with Crippen molar-refractivity contribution in [2.24, 2.45) is 4.99 Å². The molecule has 1 saturated heterocycles. The lowest BCUT2D eigenvalue weighted by molar-refractivity contribution is 0.392. The molecule has 1 aromatic carbocycles. The lowest BCUT2D eigenvalue weighted by atomic mass is 10.2. The molecule has 27 heavy (non-hydrogen) atoms. The molecule has 0 spiro atoms. The lowest BCUT2D eigenvalue weighted by Crippen LogP contribution is -2.44. The molecule has 2 N–H and O–H groups in total. The van der Waals surface area contributed by atoms with Gasteiger partial charge in [-0.25, -0.2) is 9.98 Å². The molecule has 0 saturated carbocycles. The molecular formula is C21H29N5O. The molecular weight excluding hydrogens is 338 g/mol. The maximum atomic E-state index is 5.31. The second-order valence-corrected chi connectivity index (χ2v) is 6.78. The van der Waals surface area contributed by atoms with E-state index in [4.69, 9.17) is 9.73 Å². The minimum absolute atomic E-state index is 0.375. The van der Waals surface area contributed by atoms with Crippen LogP contribution < -0.4 is 20.3 Å². The Bertz CT molecular complexity index is 759. The molecule has 1 aromatic heterocycles. The number of benzene rings is 1. The Balaban J connectivity index is 1.61. The number of hydrogen-bond donors (Lipinski definition) is 2. The number of methoxy groups -OCH3 is 1. The minimum Gasteiger partial charge on any atom is -0.481 e.